The first-order valence-corrected chi connectivity index (χ1v) is 6.53. The largest absolute Gasteiger partial charge is 0.416 e. The van der Waals surface area contributed by atoms with Gasteiger partial charge in [0.15, 0.2) is 0 Å². The molecule has 1 aromatic carbocycles. The van der Waals surface area contributed by atoms with Crippen molar-refractivity contribution in [3.63, 3.8) is 0 Å². The van der Waals surface area contributed by atoms with Crippen molar-refractivity contribution in [1.82, 2.24) is 0 Å². The summed E-state index contributed by atoms with van der Waals surface area (Å²) < 4.78 is 35.9. The highest BCUT2D eigenvalue weighted by molar-refractivity contribution is 5.24. The predicted octanol–water partition coefficient (Wildman–Crippen LogP) is 6.87. The molecule has 118 valence electrons. The summed E-state index contributed by atoms with van der Waals surface area (Å²) in [5.41, 5.74) is 0.0392. The molecule has 1 fully saturated rings. The zero-order valence-electron chi connectivity index (χ0n) is 11.1. The molecule has 0 heterocycles. The molecule has 0 bridgehead atoms. The van der Waals surface area contributed by atoms with Crippen molar-refractivity contribution in [2.75, 3.05) is 0 Å². The van der Waals surface area contributed by atoms with Crippen LogP contribution in [0.3, 0.4) is 0 Å². The SMILES string of the molecule is C.C.CC1CCCCC1.Cc1cccc(C(F)(F)F)c1. The Morgan fingerprint density at radius 3 is 1.85 bits per heavy atom. The van der Waals surface area contributed by atoms with Crippen molar-refractivity contribution < 1.29 is 13.2 Å². The van der Waals surface area contributed by atoms with Crippen molar-refractivity contribution >= 4 is 0 Å². The first kappa shape index (κ1) is 21.3. The van der Waals surface area contributed by atoms with Crippen molar-refractivity contribution in [2.45, 2.75) is 67.0 Å². The number of aryl methyl sites for hydroxylation is 1. The number of rotatable bonds is 0. The molecule has 0 amide bonds. The smallest absolute Gasteiger partial charge is 0.166 e. The van der Waals surface area contributed by atoms with Gasteiger partial charge in [-0.25, -0.2) is 0 Å². The third-order valence-corrected chi connectivity index (χ3v) is 3.24. The maximum absolute atomic E-state index is 12.0. The molecule has 1 aliphatic carbocycles. The molecule has 0 saturated heterocycles. The van der Waals surface area contributed by atoms with E-state index in [0.29, 0.717) is 5.56 Å². The van der Waals surface area contributed by atoms with Crippen LogP contribution >= 0.6 is 0 Å². The minimum atomic E-state index is -4.22. The summed E-state index contributed by atoms with van der Waals surface area (Å²) in [5.74, 6) is 1.04. The van der Waals surface area contributed by atoms with Gasteiger partial charge in [-0.05, 0) is 18.9 Å². The molecule has 3 heteroatoms. The van der Waals surface area contributed by atoms with E-state index in [4.69, 9.17) is 0 Å². The molecule has 0 N–H and O–H groups in total. The number of benzene rings is 1. The standard InChI is InChI=1S/C8H7F3.C7H14.2CH4/c1-6-3-2-4-7(5-6)8(9,10)11;1-7-5-3-2-4-6-7;;/h2-5H,1H3;7H,2-6H2,1H3;2*1H4. The Morgan fingerprint density at radius 1 is 1.00 bits per heavy atom. The zero-order chi connectivity index (χ0) is 13.6. The van der Waals surface area contributed by atoms with Crippen LogP contribution in [0.5, 0.6) is 0 Å². The van der Waals surface area contributed by atoms with E-state index in [1.54, 1.807) is 13.0 Å². The Morgan fingerprint density at radius 2 is 1.55 bits per heavy atom. The van der Waals surface area contributed by atoms with E-state index in [9.17, 15) is 13.2 Å². The third kappa shape index (κ3) is 8.23. The molecular weight excluding hydrogens is 261 g/mol. The zero-order valence-corrected chi connectivity index (χ0v) is 11.1. The Bertz CT molecular complexity index is 349. The van der Waals surface area contributed by atoms with Gasteiger partial charge in [0, 0.05) is 0 Å². The lowest BCUT2D eigenvalue weighted by Crippen LogP contribution is -2.04. The summed E-state index contributed by atoms with van der Waals surface area (Å²) in [5, 5.41) is 0. The van der Waals surface area contributed by atoms with Gasteiger partial charge in [-0.15, -0.1) is 0 Å². The number of hydrogen-bond acceptors (Lipinski definition) is 0. The fraction of sp³-hybridized carbons (Fsp3) is 0.647. The van der Waals surface area contributed by atoms with Crippen LogP contribution in [-0.2, 0) is 6.18 Å². The van der Waals surface area contributed by atoms with Crippen LogP contribution < -0.4 is 0 Å². The summed E-state index contributed by atoms with van der Waals surface area (Å²) >= 11 is 0. The van der Waals surface area contributed by atoms with Crippen molar-refractivity contribution in [1.29, 1.82) is 0 Å². The van der Waals surface area contributed by atoms with Gasteiger partial charge < -0.3 is 0 Å². The van der Waals surface area contributed by atoms with Crippen molar-refractivity contribution in [3.8, 4) is 0 Å². The van der Waals surface area contributed by atoms with Crippen LogP contribution in [0.15, 0.2) is 24.3 Å². The minimum absolute atomic E-state index is 0. The van der Waals surface area contributed by atoms with Crippen LogP contribution in [0.4, 0.5) is 13.2 Å². The molecule has 1 aromatic rings. The summed E-state index contributed by atoms with van der Waals surface area (Å²) in [4.78, 5) is 0. The molecule has 0 spiro atoms. The number of alkyl halides is 3. The molecule has 0 aliphatic heterocycles. The average Bonchev–Trinajstić information content (AvgIpc) is 2.30. The predicted molar refractivity (Wildman–Crippen MR) is 81.9 cm³/mol. The van der Waals surface area contributed by atoms with Gasteiger partial charge in [-0.1, -0.05) is 77.6 Å². The maximum Gasteiger partial charge on any atom is 0.416 e. The lowest BCUT2D eigenvalue weighted by molar-refractivity contribution is -0.137. The lowest BCUT2D eigenvalue weighted by Gasteiger charge is -2.15. The minimum Gasteiger partial charge on any atom is -0.166 e. The highest BCUT2D eigenvalue weighted by atomic mass is 19.4. The quantitative estimate of drug-likeness (QED) is 0.489. The summed E-state index contributed by atoms with van der Waals surface area (Å²) in [6.45, 7) is 3.99. The van der Waals surface area contributed by atoms with E-state index in [2.05, 4.69) is 6.92 Å². The fourth-order valence-electron chi connectivity index (χ4n) is 2.13. The second kappa shape index (κ2) is 9.84. The topological polar surface area (TPSA) is 0 Å². The van der Waals surface area contributed by atoms with Gasteiger partial charge in [0.25, 0.3) is 0 Å². The molecular formula is C17H29F3. The lowest BCUT2D eigenvalue weighted by atomic mass is 9.91. The van der Waals surface area contributed by atoms with Gasteiger partial charge in [-0.3, -0.25) is 0 Å². The highest BCUT2D eigenvalue weighted by Crippen LogP contribution is 2.29. The van der Waals surface area contributed by atoms with Crippen LogP contribution in [0.25, 0.3) is 0 Å². The van der Waals surface area contributed by atoms with E-state index < -0.39 is 11.7 Å². The molecule has 0 atom stereocenters. The Labute approximate surface area is 122 Å². The first-order valence-electron chi connectivity index (χ1n) is 6.53. The van der Waals surface area contributed by atoms with Gasteiger partial charge in [-0.2, -0.15) is 13.2 Å². The second-order valence-corrected chi connectivity index (χ2v) is 5.11. The molecule has 0 aromatic heterocycles. The number of hydrogen-bond donors (Lipinski definition) is 0. The average molecular weight is 290 g/mol. The van der Waals surface area contributed by atoms with Gasteiger partial charge in [0.1, 0.15) is 0 Å². The Balaban J connectivity index is 0. The van der Waals surface area contributed by atoms with Crippen molar-refractivity contribution in [2.24, 2.45) is 5.92 Å². The molecule has 0 nitrogen and oxygen atoms in total. The van der Waals surface area contributed by atoms with Crippen LogP contribution in [-0.4, -0.2) is 0 Å². The Hall–Kier alpha value is -0.990. The monoisotopic (exact) mass is 290 g/mol. The third-order valence-electron chi connectivity index (χ3n) is 3.24. The maximum atomic E-state index is 12.0. The molecule has 0 radical (unpaired) electrons. The van der Waals surface area contributed by atoms with Crippen LogP contribution in [0.2, 0.25) is 0 Å². The Kier molecular flexibility index (Phi) is 10.5. The van der Waals surface area contributed by atoms with Gasteiger partial charge in [0.2, 0.25) is 0 Å². The van der Waals surface area contributed by atoms with Gasteiger partial charge >= 0.3 is 6.18 Å². The van der Waals surface area contributed by atoms with E-state index >= 15 is 0 Å². The highest BCUT2D eigenvalue weighted by Gasteiger charge is 2.29. The molecule has 0 unspecified atom stereocenters. The van der Waals surface area contributed by atoms with Crippen LogP contribution in [0, 0.1) is 12.8 Å². The molecule has 1 saturated carbocycles. The van der Waals surface area contributed by atoms with E-state index in [-0.39, 0.29) is 14.9 Å². The summed E-state index contributed by atoms with van der Waals surface area (Å²) in [6.07, 6.45) is 3.22. The summed E-state index contributed by atoms with van der Waals surface area (Å²) in [7, 11) is 0. The molecule has 1 aliphatic rings. The van der Waals surface area contributed by atoms with Crippen LogP contribution in [0.1, 0.15) is 65.0 Å². The van der Waals surface area contributed by atoms with Gasteiger partial charge in [0.05, 0.1) is 5.56 Å². The molecule has 20 heavy (non-hydrogen) atoms. The van der Waals surface area contributed by atoms with E-state index in [1.807, 2.05) is 0 Å². The first-order chi connectivity index (χ1) is 8.39. The fourth-order valence-corrected chi connectivity index (χ4v) is 2.13. The van der Waals surface area contributed by atoms with Crippen molar-refractivity contribution in [3.05, 3.63) is 35.4 Å². The number of halogens is 3. The summed E-state index contributed by atoms with van der Waals surface area (Å²) in [6, 6.07) is 5.22. The van der Waals surface area contributed by atoms with E-state index in [0.717, 1.165) is 18.1 Å². The normalized spacial score (nSPS) is 15.2. The van der Waals surface area contributed by atoms with E-state index in [1.165, 1.54) is 38.2 Å². The molecule has 2 rings (SSSR count). The second-order valence-electron chi connectivity index (χ2n) is 5.11.